The second-order valence-corrected chi connectivity index (χ2v) is 6.90. The number of amides is 1. The van der Waals surface area contributed by atoms with Gasteiger partial charge < -0.3 is 23.8 Å². The van der Waals surface area contributed by atoms with Crippen LogP contribution in [-0.4, -0.2) is 35.8 Å². The van der Waals surface area contributed by atoms with Gasteiger partial charge in [0.15, 0.2) is 5.69 Å². The van der Waals surface area contributed by atoms with Crippen molar-refractivity contribution in [1.82, 2.24) is 15.6 Å². The van der Waals surface area contributed by atoms with Crippen LogP contribution in [0.2, 0.25) is 0 Å². The lowest BCUT2D eigenvalue weighted by Gasteiger charge is -2.42. The third-order valence-electron chi connectivity index (χ3n) is 4.64. The van der Waals surface area contributed by atoms with E-state index in [1.54, 1.807) is 19.9 Å². The molecule has 3 aromatic rings. The summed E-state index contributed by atoms with van der Waals surface area (Å²) < 4.78 is 56.6. The minimum Gasteiger partial charge on any atom is -0.406 e. The highest BCUT2D eigenvalue weighted by atomic mass is 19.4. The second-order valence-electron chi connectivity index (χ2n) is 6.90. The summed E-state index contributed by atoms with van der Waals surface area (Å²) in [6.07, 6.45) is -4.78. The van der Waals surface area contributed by atoms with Crippen molar-refractivity contribution in [3.05, 3.63) is 52.9 Å². The Labute approximate surface area is 167 Å². The van der Waals surface area contributed by atoms with Crippen molar-refractivity contribution in [3.63, 3.8) is 0 Å². The van der Waals surface area contributed by atoms with Crippen LogP contribution in [0.25, 0.3) is 11.5 Å². The van der Waals surface area contributed by atoms with Crippen molar-refractivity contribution in [1.29, 1.82) is 0 Å². The normalized spacial score (nSPS) is 15.5. The number of hydrogen-bond donors (Lipinski definition) is 1. The van der Waals surface area contributed by atoms with Gasteiger partial charge in [0.1, 0.15) is 22.6 Å². The van der Waals surface area contributed by atoms with Gasteiger partial charge in [-0.25, -0.2) is 0 Å². The number of ether oxygens (including phenoxy) is 2. The van der Waals surface area contributed by atoms with E-state index in [2.05, 4.69) is 20.4 Å². The van der Waals surface area contributed by atoms with Gasteiger partial charge in [-0.3, -0.25) is 4.79 Å². The van der Waals surface area contributed by atoms with E-state index in [1.807, 2.05) is 0 Å². The fraction of sp³-hybridized carbons (Fsp3) is 0.316. The van der Waals surface area contributed by atoms with Crippen molar-refractivity contribution in [2.24, 2.45) is 0 Å². The largest absolute Gasteiger partial charge is 0.573 e. The molecular weight excluding hydrogens is 407 g/mol. The monoisotopic (exact) mass is 423 g/mol. The van der Waals surface area contributed by atoms with Gasteiger partial charge in [0.25, 0.3) is 5.91 Å². The maximum Gasteiger partial charge on any atom is 0.573 e. The van der Waals surface area contributed by atoms with Crippen molar-refractivity contribution < 1.29 is 36.5 Å². The van der Waals surface area contributed by atoms with Crippen LogP contribution in [0.3, 0.4) is 0 Å². The fourth-order valence-corrected chi connectivity index (χ4v) is 3.16. The quantitative estimate of drug-likeness (QED) is 0.671. The lowest BCUT2D eigenvalue weighted by molar-refractivity contribution is -0.274. The number of nitrogens with one attached hydrogen (secondary N) is 1. The average molecular weight is 423 g/mol. The van der Waals surface area contributed by atoms with E-state index >= 15 is 0 Å². The third-order valence-corrected chi connectivity index (χ3v) is 4.64. The van der Waals surface area contributed by atoms with Crippen LogP contribution >= 0.6 is 0 Å². The highest BCUT2D eigenvalue weighted by Crippen LogP contribution is 2.34. The van der Waals surface area contributed by atoms with Gasteiger partial charge in [0.05, 0.1) is 18.9 Å². The van der Waals surface area contributed by atoms with Gasteiger partial charge in [-0.15, -0.1) is 13.2 Å². The smallest absolute Gasteiger partial charge is 0.406 e. The fourth-order valence-electron chi connectivity index (χ4n) is 3.16. The zero-order valence-corrected chi connectivity index (χ0v) is 15.9. The summed E-state index contributed by atoms with van der Waals surface area (Å²) in [7, 11) is 0. The molecule has 4 rings (SSSR count). The zero-order valence-electron chi connectivity index (χ0n) is 15.9. The molecular formula is C19H16F3N3O5. The van der Waals surface area contributed by atoms with E-state index in [-0.39, 0.29) is 30.3 Å². The van der Waals surface area contributed by atoms with Crippen LogP contribution in [0.15, 0.2) is 39.4 Å². The summed E-state index contributed by atoms with van der Waals surface area (Å²) >= 11 is 0. The third kappa shape index (κ3) is 3.75. The number of benzene rings is 1. The molecule has 0 unspecified atom stereocenters. The number of halogens is 3. The summed E-state index contributed by atoms with van der Waals surface area (Å²) in [5, 5.41) is 10.6. The molecule has 0 radical (unpaired) electrons. The van der Waals surface area contributed by atoms with E-state index in [4.69, 9.17) is 13.8 Å². The Morgan fingerprint density at radius 2 is 1.83 bits per heavy atom. The van der Waals surface area contributed by atoms with Crippen molar-refractivity contribution in [2.75, 3.05) is 13.2 Å². The molecule has 0 atom stereocenters. The van der Waals surface area contributed by atoms with Gasteiger partial charge in [-0.2, -0.15) is 0 Å². The number of alkyl halides is 3. The number of carbonyl (C=O) groups is 1. The van der Waals surface area contributed by atoms with E-state index < -0.39 is 17.8 Å². The highest BCUT2D eigenvalue weighted by molar-refractivity contribution is 6.00. The molecule has 1 fully saturated rings. The van der Waals surface area contributed by atoms with E-state index in [0.717, 1.165) is 0 Å². The van der Waals surface area contributed by atoms with Crippen molar-refractivity contribution in [2.45, 2.75) is 25.7 Å². The molecule has 30 heavy (non-hydrogen) atoms. The summed E-state index contributed by atoms with van der Waals surface area (Å²) in [5.41, 5.74) is 0.531. The summed E-state index contributed by atoms with van der Waals surface area (Å²) in [6.45, 7) is 3.62. The molecule has 2 aromatic heterocycles. The molecule has 0 aliphatic carbocycles. The lowest BCUT2D eigenvalue weighted by Crippen LogP contribution is -2.59. The van der Waals surface area contributed by atoms with Gasteiger partial charge in [-0.05, 0) is 31.5 Å². The van der Waals surface area contributed by atoms with Crippen LogP contribution in [-0.2, 0) is 10.3 Å². The Kier molecular flexibility index (Phi) is 4.77. The standard InChI is InChI=1S/C19H16F3N3O5/c1-10-7-14(25-29-10)16-15(11(2)24-30-16)17(26)23-18(8-27-9-18)12-3-5-13(6-4-12)28-19(20,21)22/h3-7H,8-9H2,1-2H3,(H,23,26). The molecule has 8 nitrogen and oxygen atoms in total. The van der Waals surface area contributed by atoms with Crippen LogP contribution in [0.4, 0.5) is 13.2 Å². The molecule has 158 valence electrons. The number of rotatable bonds is 5. The molecule has 0 bridgehead atoms. The molecule has 0 spiro atoms. The molecule has 1 saturated heterocycles. The van der Waals surface area contributed by atoms with Crippen LogP contribution < -0.4 is 10.1 Å². The number of aromatic nitrogens is 2. The van der Waals surface area contributed by atoms with Crippen molar-refractivity contribution >= 4 is 5.91 Å². The minimum atomic E-state index is -4.78. The molecule has 11 heteroatoms. The summed E-state index contributed by atoms with van der Waals surface area (Å²) in [5.74, 6) is -0.142. The summed E-state index contributed by atoms with van der Waals surface area (Å²) in [4.78, 5) is 13.1. The van der Waals surface area contributed by atoms with Crippen LogP contribution in [0.5, 0.6) is 5.75 Å². The lowest BCUT2D eigenvalue weighted by atomic mass is 9.87. The predicted molar refractivity (Wildman–Crippen MR) is 94.6 cm³/mol. The first kappa shape index (κ1) is 20.0. The first-order valence-electron chi connectivity index (χ1n) is 8.83. The maximum absolute atomic E-state index is 13.1. The Morgan fingerprint density at radius 3 is 2.37 bits per heavy atom. The molecule has 1 N–H and O–H groups in total. The Hall–Kier alpha value is -3.34. The number of hydrogen-bond acceptors (Lipinski definition) is 7. The Morgan fingerprint density at radius 1 is 1.13 bits per heavy atom. The Bertz CT molecular complexity index is 1070. The number of carbonyl (C=O) groups excluding carboxylic acids is 1. The van der Waals surface area contributed by atoms with Gasteiger partial charge in [0, 0.05) is 6.07 Å². The van der Waals surface area contributed by atoms with Gasteiger partial charge in [0.2, 0.25) is 5.76 Å². The highest BCUT2D eigenvalue weighted by Gasteiger charge is 2.43. The maximum atomic E-state index is 13.1. The van der Waals surface area contributed by atoms with Crippen molar-refractivity contribution in [3.8, 4) is 17.2 Å². The van der Waals surface area contributed by atoms with E-state index in [0.29, 0.717) is 22.7 Å². The molecule has 1 aromatic carbocycles. The molecule has 1 amide bonds. The van der Waals surface area contributed by atoms with E-state index in [1.165, 1.54) is 24.3 Å². The number of nitrogens with zero attached hydrogens (tertiary/aromatic N) is 2. The molecule has 3 heterocycles. The topological polar surface area (TPSA) is 99.6 Å². The minimum absolute atomic E-state index is 0.154. The van der Waals surface area contributed by atoms with Crippen LogP contribution in [0, 0.1) is 13.8 Å². The first-order valence-corrected chi connectivity index (χ1v) is 8.83. The average Bonchev–Trinajstić information content (AvgIpc) is 3.23. The molecule has 0 saturated carbocycles. The Balaban J connectivity index is 1.59. The van der Waals surface area contributed by atoms with E-state index in [9.17, 15) is 18.0 Å². The molecule has 1 aliphatic heterocycles. The SMILES string of the molecule is Cc1cc(-c2onc(C)c2C(=O)NC2(c3ccc(OC(F)(F)F)cc3)COC2)no1. The van der Waals surface area contributed by atoms with Crippen LogP contribution in [0.1, 0.15) is 27.4 Å². The summed E-state index contributed by atoms with van der Waals surface area (Å²) in [6, 6.07) is 6.88. The van der Waals surface area contributed by atoms with Gasteiger partial charge >= 0.3 is 6.36 Å². The number of aryl methyl sites for hydroxylation is 2. The first-order chi connectivity index (χ1) is 14.2. The second kappa shape index (κ2) is 7.17. The predicted octanol–water partition coefficient (Wildman–Crippen LogP) is 3.50. The zero-order chi connectivity index (χ0) is 21.5. The molecule has 1 aliphatic rings. The van der Waals surface area contributed by atoms with Gasteiger partial charge in [-0.1, -0.05) is 22.4 Å².